The molecule has 1 aromatic heterocycles. The average Bonchev–Trinajstić information content (AvgIpc) is 2.73. The van der Waals surface area contributed by atoms with Crippen molar-refractivity contribution >= 4 is 27.4 Å². The maximum absolute atomic E-state index is 11.9. The number of H-pyrrole nitrogens is 1. The van der Waals surface area contributed by atoms with Crippen molar-refractivity contribution in [1.29, 1.82) is 0 Å². The predicted octanol–water partition coefficient (Wildman–Crippen LogP) is 1.24. The molecule has 7 heteroatoms. The Hall–Kier alpha value is -1.24. The number of rotatable bonds is 6. The van der Waals surface area contributed by atoms with Crippen LogP contribution in [0.4, 0.5) is 11.5 Å². The third-order valence-corrected chi connectivity index (χ3v) is 4.21. The highest BCUT2D eigenvalue weighted by Gasteiger charge is 2.28. The van der Waals surface area contributed by atoms with Crippen molar-refractivity contribution in [3.05, 3.63) is 20.8 Å². The van der Waals surface area contributed by atoms with Crippen LogP contribution in [0, 0.1) is 0 Å². The molecule has 2 rings (SSSR count). The van der Waals surface area contributed by atoms with E-state index in [1.807, 2.05) is 11.9 Å². The summed E-state index contributed by atoms with van der Waals surface area (Å²) in [4.78, 5) is 30.0. The topological polar surface area (TPSA) is 61.3 Å². The number of nitrogens with one attached hydrogen (secondary N) is 1. The van der Waals surface area contributed by atoms with E-state index in [2.05, 4.69) is 25.8 Å². The number of nitrogens with zero attached hydrogens (tertiary/aromatic N) is 3. The molecule has 0 aromatic carbocycles. The van der Waals surface area contributed by atoms with Gasteiger partial charge in [0.1, 0.15) is 11.5 Å². The normalized spacial score (nSPS) is 13.9. The zero-order chi connectivity index (χ0) is 14.7. The first-order valence-electron chi connectivity index (χ1n) is 6.91. The van der Waals surface area contributed by atoms with Gasteiger partial charge in [-0.3, -0.25) is 14.3 Å². The Morgan fingerprint density at radius 3 is 2.55 bits per heavy atom. The Bertz CT molecular complexity index is 581. The largest absolute Gasteiger partial charge is 0.349 e. The van der Waals surface area contributed by atoms with Gasteiger partial charge in [-0.25, -0.2) is 4.79 Å². The van der Waals surface area contributed by atoms with Crippen LogP contribution < -0.4 is 21.0 Å². The number of aromatic amines is 1. The smallest absolute Gasteiger partial charge is 0.329 e. The molecule has 0 unspecified atom stereocenters. The summed E-state index contributed by atoms with van der Waals surface area (Å²) >= 11 is 3.43. The maximum Gasteiger partial charge on any atom is 0.329 e. The standard InChI is InChI=1S/C13H21BrN4O2/c1-16-9-18(8-6-4-3-5-7-14)12-10(16)11(19)15-13(20)17(12)2/h3-9H2,1-2H3,(H,15,19,20). The Kier molecular flexibility index (Phi) is 4.91. The summed E-state index contributed by atoms with van der Waals surface area (Å²) in [6, 6.07) is 0. The second-order valence-electron chi connectivity index (χ2n) is 5.20. The van der Waals surface area contributed by atoms with Crippen LogP contribution in [-0.4, -0.2) is 35.1 Å². The predicted molar refractivity (Wildman–Crippen MR) is 85.2 cm³/mol. The molecule has 0 spiro atoms. The number of fused-ring (bicyclic) bond motifs is 1. The second kappa shape index (κ2) is 6.47. The van der Waals surface area contributed by atoms with Crippen LogP contribution in [0.1, 0.15) is 25.7 Å². The van der Waals surface area contributed by atoms with Gasteiger partial charge in [0, 0.05) is 26.0 Å². The molecular formula is C13H21BrN4O2. The molecule has 0 aliphatic carbocycles. The highest BCUT2D eigenvalue weighted by atomic mass is 79.9. The van der Waals surface area contributed by atoms with Gasteiger partial charge in [-0.05, 0) is 12.8 Å². The lowest BCUT2D eigenvalue weighted by Crippen LogP contribution is -2.32. The van der Waals surface area contributed by atoms with E-state index >= 15 is 0 Å². The molecule has 1 aromatic rings. The molecule has 0 radical (unpaired) electrons. The summed E-state index contributed by atoms with van der Waals surface area (Å²) in [6.07, 6.45) is 4.63. The molecular weight excluding hydrogens is 324 g/mol. The van der Waals surface area contributed by atoms with Gasteiger partial charge in [-0.15, -0.1) is 0 Å². The second-order valence-corrected chi connectivity index (χ2v) is 5.99. The van der Waals surface area contributed by atoms with E-state index in [1.165, 1.54) is 17.4 Å². The van der Waals surface area contributed by atoms with Crippen LogP contribution in [0.2, 0.25) is 0 Å². The summed E-state index contributed by atoms with van der Waals surface area (Å²) in [5, 5.41) is 1.05. The van der Waals surface area contributed by atoms with Gasteiger partial charge in [0.15, 0.2) is 0 Å². The zero-order valence-electron chi connectivity index (χ0n) is 12.0. The summed E-state index contributed by atoms with van der Waals surface area (Å²) in [6.45, 7) is 1.53. The molecule has 1 N–H and O–H groups in total. The van der Waals surface area contributed by atoms with E-state index in [0.29, 0.717) is 12.4 Å². The lowest BCUT2D eigenvalue weighted by Gasteiger charge is -2.20. The van der Waals surface area contributed by atoms with Crippen molar-refractivity contribution in [2.75, 3.05) is 35.4 Å². The van der Waals surface area contributed by atoms with Gasteiger partial charge in [-0.2, -0.15) is 0 Å². The Morgan fingerprint density at radius 1 is 1.15 bits per heavy atom. The minimum Gasteiger partial charge on any atom is -0.349 e. The summed E-state index contributed by atoms with van der Waals surface area (Å²) in [5.41, 5.74) is -0.0618. The molecule has 0 saturated heterocycles. The monoisotopic (exact) mass is 344 g/mol. The first kappa shape index (κ1) is 15.2. The Balaban J connectivity index is 2.13. The van der Waals surface area contributed by atoms with Crippen LogP contribution >= 0.6 is 15.9 Å². The first-order chi connectivity index (χ1) is 9.56. The van der Waals surface area contributed by atoms with E-state index in [0.717, 1.165) is 30.5 Å². The fraction of sp³-hybridized carbons (Fsp3) is 0.692. The minimum atomic E-state index is -0.353. The van der Waals surface area contributed by atoms with E-state index in [4.69, 9.17) is 0 Å². The lowest BCUT2D eigenvalue weighted by atomic mass is 10.2. The molecule has 0 atom stereocenters. The number of halogens is 1. The van der Waals surface area contributed by atoms with Gasteiger partial charge < -0.3 is 9.80 Å². The molecule has 6 nitrogen and oxygen atoms in total. The third kappa shape index (κ3) is 2.92. The van der Waals surface area contributed by atoms with Gasteiger partial charge in [0.05, 0.1) is 6.67 Å². The summed E-state index contributed by atoms with van der Waals surface area (Å²) in [5.74, 6) is 0.738. The van der Waals surface area contributed by atoms with Crippen LogP contribution in [0.15, 0.2) is 9.59 Å². The molecule has 0 fully saturated rings. The molecule has 20 heavy (non-hydrogen) atoms. The quantitative estimate of drug-likeness (QED) is 0.623. The maximum atomic E-state index is 11.9. The van der Waals surface area contributed by atoms with Gasteiger partial charge in [0.2, 0.25) is 0 Å². The zero-order valence-corrected chi connectivity index (χ0v) is 13.6. The number of hydrogen-bond acceptors (Lipinski definition) is 4. The molecule has 0 bridgehead atoms. The number of aromatic nitrogens is 2. The third-order valence-electron chi connectivity index (χ3n) is 3.65. The van der Waals surface area contributed by atoms with E-state index in [9.17, 15) is 9.59 Å². The minimum absolute atomic E-state index is 0.299. The molecule has 1 aliphatic heterocycles. The van der Waals surface area contributed by atoms with Crippen molar-refractivity contribution in [2.24, 2.45) is 7.05 Å². The SMILES string of the molecule is CN1CN(CCCCCCBr)c2c1c(=O)[nH]c(=O)n2C. The molecule has 1 aliphatic rings. The number of unbranched alkanes of at least 4 members (excludes halogenated alkanes) is 3. The van der Waals surface area contributed by atoms with E-state index in [-0.39, 0.29) is 11.2 Å². The fourth-order valence-electron chi connectivity index (χ4n) is 2.62. The van der Waals surface area contributed by atoms with Crippen LogP contribution in [0.25, 0.3) is 0 Å². The van der Waals surface area contributed by atoms with Crippen LogP contribution in [0.5, 0.6) is 0 Å². The highest BCUT2D eigenvalue weighted by Crippen LogP contribution is 2.29. The van der Waals surface area contributed by atoms with Crippen molar-refractivity contribution in [3.63, 3.8) is 0 Å². The van der Waals surface area contributed by atoms with Gasteiger partial charge >= 0.3 is 5.69 Å². The fourth-order valence-corrected chi connectivity index (χ4v) is 3.02. The molecule has 2 heterocycles. The number of hydrogen-bond donors (Lipinski definition) is 1. The molecule has 0 saturated carbocycles. The Morgan fingerprint density at radius 2 is 1.85 bits per heavy atom. The number of anilines is 2. The van der Waals surface area contributed by atoms with Crippen molar-refractivity contribution in [3.8, 4) is 0 Å². The highest BCUT2D eigenvalue weighted by molar-refractivity contribution is 9.09. The van der Waals surface area contributed by atoms with Crippen molar-refractivity contribution in [1.82, 2.24) is 9.55 Å². The number of alkyl halides is 1. The van der Waals surface area contributed by atoms with E-state index < -0.39 is 0 Å². The molecule has 0 amide bonds. The van der Waals surface area contributed by atoms with Crippen molar-refractivity contribution in [2.45, 2.75) is 25.7 Å². The van der Waals surface area contributed by atoms with Crippen LogP contribution in [0.3, 0.4) is 0 Å². The summed E-state index contributed by atoms with van der Waals surface area (Å²) < 4.78 is 1.53. The summed E-state index contributed by atoms with van der Waals surface area (Å²) in [7, 11) is 3.58. The Labute approximate surface area is 126 Å². The van der Waals surface area contributed by atoms with Crippen LogP contribution in [-0.2, 0) is 7.05 Å². The average molecular weight is 345 g/mol. The molecule has 112 valence electrons. The lowest BCUT2D eigenvalue weighted by molar-refractivity contribution is 0.642. The van der Waals surface area contributed by atoms with Gasteiger partial charge in [-0.1, -0.05) is 28.8 Å². The first-order valence-corrected chi connectivity index (χ1v) is 8.03. The van der Waals surface area contributed by atoms with Gasteiger partial charge in [0.25, 0.3) is 5.56 Å². The van der Waals surface area contributed by atoms with E-state index in [1.54, 1.807) is 7.05 Å². The van der Waals surface area contributed by atoms with Crippen molar-refractivity contribution < 1.29 is 0 Å².